The first kappa shape index (κ1) is 13.8. The fraction of sp³-hybridized carbons (Fsp3) is 0.643. The quantitative estimate of drug-likeness (QED) is 0.926. The van der Waals surface area contributed by atoms with Gasteiger partial charge in [-0.15, -0.1) is 0 Å². The summed E-state index contributed by atoms with van der Waals surface area (Å²) < 4.78 is 1.09. The van der Waals surface area contributed by atoms with Gasteiger partial charge in [-0.25, -0.2) is 4.98 Å². The third-order valence-corrected chi connectivity index (χ3v) is 4.47. The summed E-state index contributed by atoms with van der Waals surface area (Å²) in [6, 6.07) is 4.21. The molecule has 0 atom stereocenters. The van der Waals surface area contributed by atoms with Crippen molar-refractivity contribution in [3.8, 4) is 0 Å². The summed E-state index contributed by atoms with van der Waals surface area (Å²) >= 11 is 3.50. The summed E-state index contributed by atoms with van der Waals surface area (Å²) in [6.07, 6.45) is 2.54. The molecule has 0 amide bonds. The number of hydrogen-bond acceptors (Lipinski definition) is 3. The molecule has 0 spiro atoms. The molecular weight excluding hydrogens is 290 g/mol. The van der Waals surface area contributed by atoms with E-state index in [0.717, 1.165) is 48.1 Å². The van der Waals surface area contributed by atoms with E-state index in [1.807, 2.05) is 6.92 Å². The normalized spacial score (nSPS) is 17.2. The van der Waals surface area contributed by atoms with Gasteiger partial charge in [-0.05, 0) is 66.8 Å². The van der Waals surface area contributed by atoms with Crippen LogP contribution in [0.15, 0.2) is 16.6 Å². The van der Waals surface area contributed by atoms with Crippen molar-refractivity contribution in [2.75, 3.05) is 31.1 Å². The van der Waals surface area contributed by atoms with Crippen molar-refractivity contribution in [3.63, 3.8) is 0 Å². The molecule has 1 aromatic rings. The van der Waals surface area contributed by atoms with Crippen LogP contribution in [0, 0.1) is 12.8 Å². The number of pyridine rings is 1. The van der Waals surface area contributed by atoms with Gasteiger partial charge < -0.3 is 10.2 Å². The molecular formula is C14H22BrN3. The van der Waals surface area contributed by atoms with Crippen molar-refractivity contribution in [2.24, 2.45) is 5.92 Å². The highest BCUT2D eigenvalue weighted by atomic mass is 79.9. The van der Waals surface area contributed by atoms with Crippen LogP contribution in [0.3, 0.4) is 0 Å². The minimum Gasteiger partial charge on any atom is -0.357 e. The summed E-state index contributed by atoms with van der Waals surface area (Å²) in [6.45, 7) is 8.72. The number of piperidine rings is 1. The number of hydrogen-bond donors (Lipinski definition) is 1. The third kappa shape index (κ3) is 3.45. The number of aryl methyl sites for hydroxylation is 1. The Morgan fingerprint density at radius 1 is 1.39 bits per heavy atom. The lowest BCUT2D eigenvalue weighted by Crippen LogP contribution is -2.37. The van der Waals surface area contributed by atoms with Crippen LogP contribution in [0.4, 0.5) is 5.82 Å². The van der Waals surface area contributed by atoms with Gasteiger partial charge in [-0.2, -0.15) is 0 Å². The predicted molar refractivity (Wildman–Crippen MR) is 80.2 cm³/mol. The summed E-state index contributed by atoms with van der Waals surface area (Å²) in [5, 5.41) is 3.45. The van der Waals surface area contributed by atoms with Gasteiger partial charge in [0, 0.05) is 17.6 Å². The van der Waals surface area contributed by atoms with Crippen molar-refractivity contribution in [2.45, 2.75) is 26.7 Å². The van der Waals surface area contributed by atoms with Crippen LogP contribution < -0.4 is 10.2 Å². The molecule has 1 fully saturated rings. The molecule has 1 aromatic heterocycles. The molecule has 100 valence electrons. The van der Waals surface area contributed by atoms with Gasteiger partial charge in [0.25, 0.3) is 0 Å². The molecule has 1 aliphatic heterocycles. The fourth-order valence-electron chi connectivity index (χ4n) is 2.42. The monoisotopic (exact) mass is 311 g/mol. The summed E-state index contributed by atoms with van der Waals surface area (Å²) in [5.41, 5.74) is 1.07. The van der Waals surface area contributed by atoms with Crippen LogP contribution in [-0.2, 0) is 0 Å². The number of halogens is 1. The van der Waals surface area contributed by atoms with Crippen molar-refractivity contribution < 1.29 is 0 Å². The Labute approximate surface area is 118 Å². The van der Waals surface area contributed by atoms with Crippen molar-refractivity contribution >= 4 is 21.7 Å². The Bertz CT molecular complexity index is 387. The molecule has 0 bridgehead atoms. The number of rotatable bonds is 4. The van der Waals surface area contributed by atoms with Gasteiger partial charge in [0.05, 0.1) is 5.69 Å². The molecule has 0 aromatic carbocycles. The summed E-state index contributed by atoms with van der Waals surface area (Å²) in [5.74, 6) is 1.95. The second-order valence-corrected chi connectivity index (χ2v) is 5.83. The molecule has 1 aliphatic rings. The zero-order chi connectivity index (χ0) is 13.0. The number of anilines is 1. The van der Waals surface area contributed by atoms with Crippen LogP contribution in [0.2, 0.25) is 0 Å². The zero-order valence-electron chi connectivity index (χ0n) is 11.2. The zero-order valence-corrected chi connectivity index (χ0v) is 12.8. The number of nitrogens with one attached hydrogen (secondary N) is 1. The third-order valence-electron chi connectivity index (χ3n) is 3.63. The van der Waals surface area contributed by atoms with E-state index in [9.17, 15) is 0 Å². The Morgan fingerprint density at radius 2 is 2.11 bits per heavy atom. The van der Waals surface area contributed by atoms with Crippen LogP contribution in [0.25, 0.3) is 0 Å². The second-order valence-electron chi connectivity index (χ2n) is 4.97. The first-order chi connectivity index (χ1) is 8.70. The molecule has 0 unspecified atom stereocenters. The Morgan fingerprint density at radius 3 is 2.72 bits per heavy atom. The van der Waals surface area contributed by atoms with Crippen molar-refractivity contribution in [1.82, 2.24) is 10.3 Å². The topological polar surface area (TPSA) is 28.2 Å². The molecule has 18 heavy (non-hydrogen) atoms. The summed E-state index contributed by atoms with van der Waals surface area (Å²) in [4.78, 5) is 7.05. The lowest BCUT2D eigenvalue weighted by Gasteiger charge is -2.33. The standard InChI is InChI=1S/C14H22BrN3/c1-3-16-10-12-6-8-18(9-7-12)14-5-4-13(15)11(2)17-14/h4-5,12,16H,3,6-10H2,1-2H3. The first-order valence-electron chi connectivity index (χ1n) is 6.79. The van der Waals surface area contributed by atoms with Crippen LogP contribution >= 0.6 is 15.9 Å². The average molecular weight is 312 g/mol. The van der Waals surface area contributed by atoms with E-state index in [1.54, 1.807) is 0 Å². The van der Waals surface area contributed by atoms with E-state index in [0.29, 0.717) is 0 Å². The first-order valence-corrected chi connectivity index (χ1v) is 7.58. The van der Waals surface area contributed by atoms with Gasteiger partial charge in [0.15, 0.2) is 0 Å². The molecule has 4 heteroatoms. The fourth-order valence-corrected chi connectivity index (χ4v) is 2.64. The van der Waals surface area contributed by atoms with Gasteiger partial charge in [-0.1, -0.05) is 6.92 Å². The Balaban J connectivity index is 1.90. The largest absolute Gasteiger partial charge is 0.357 e. The maximum atomic E-state index is 4.65. The van der Waals surface area contributed by atoms with Gasteiger partial charge in [-0.3, -0.25) is 0 Å². The maximum absolute atomic E-state index is 4.65. The second kappa shape index (κ2) is 6.53. The maximum Gasteiger partial charge on any atom is 0.128 e. The lowest BCUT2D eigenvalue weighted by atomic mass is 9.97. The van der Waals surface area contributed by atoms with Gasteiger partial charge in [0.1, 0.15) is 5.82 Å². The smallest absolute Gasteiger partial charge is 0.128 e. The molecule has 0 saturated carbocycles. The highest BCUT2D eigenvalue weighted by Gasteiger charge is 2.19. The number of nitrogens with zero attached hydrogens (tertiary/aromatic N) is 2. The Hall–Kier alpha value is -0.610. The molecule has 0 aliphatic carbocycles. The van der Waals surface area contributed by atoms with Crippen LogP contribution in [-0.4, -0.2) is 31.2 Å². The Kier molecular flexibility index (Phi) is 5.01. The molecule has 2 heterocycles. The average Bonchev–Trinajstić information content (AvgIpc) is 2.40. The van der Waals surface area contributed by atoms with E-state index in [2.05, 4.69) is 50.2 Å². The SMILES string of the molecule is CCNCC1CCN(c2ccc(Br)c(C)n2)CC1. The minimum atomic E-state index is 0.831. The molecule has 2 rings (SSSR count). The van der Waals surface area contributed by atoms with Crippen LogP contribution in [0.1, 0.15) is 25.5 Å². The van der Waals surface area contributed by atoms with E-state index >= 15 is 0 Å². The van der Waals surface area contributed by atoms with Gasteiger partial charge in [0.2, 0.25) is 0 Å². The predicted octanol–water partition coefficient (Wildman–Crippen LogP) is 2.98. The molecule has 3 nitrogen and oxygen atoms in total. The van der Waals surface area contributed by atoms with E-state index in [4.69, 9.17) is 0 Å². The summed E-state index contributed by atoms with van der Waals surface area (Å²) in [7, 11) is 0. The van der Waals surface area contributed by atoms with E-state index < -0.39 is 0 Å². The molecule has 1 N–H and O–H groups in total. The minimum absolute atomic E-state index is 0.831. The molecule has 1 saturated heterocycles. The van der Waals surface area contributed by atoms with Crippen molar-refractivity contribution in [1.29, 1.82) is 0 Å². The van der Waals surface area contributed by atoms with Crippen LogP contribution in [0.5, 0.6) is 0 Å². The van der Waals surface area contributed by atoms with Crippen molar-refractivity contribution in [3.05, 3.63) is 22.3 Å². The van der Waals surface area contributed by atoms with E-state index in [1.165, 1.54) is 12.8 Å². The molecule has 0 radical (unpaired) electrons. The lowest BCUT2D eigenvalue weighted by molar-refractivity contribution is 0.385. The van der Waals surface area contributed by atoms with E-state index in [-0.39, 0.29) is 0 Å². The number of aromatic nitrogens is 1. The highest BCUT2D eigenvalue weighted by molar-refractivity contribution is 9.10. The highest BCUT2D eigenvalue weighted by Crippen LogP contribution is 2.24. The van der Waals surface area contributed by atoms with Gasteiger partial charge >= 0.3 is 0 Å².